The fourth-order valence-electron chi connectivity index (χ4n) is 2.54. The molecule has 0 radical (unpaired) electrons. The van der Waals surface area contributed by atoms with E-state index in [0.717, 1.165) is 37.0 Å². The average Bonchev–Trinajstić information content (AvgIpc) is 2.68. The van der Waals surface area contributed by atoms with E-state index in [-0.39, 0.29) is 11.7 Å². The van der Waals surface area contributed by atoms with E-state index in [1.54, 1.807) is 4.57 Å². The van der Waals surface area contributed by atoms with Crippen LogP contribution in [-0.4, -0.2) is 22.6 Å². The molecule has 90 valence electrons. The van der Waals surface area contributed by atoms with Gasteiger partial charge in [-0.05, 0) is 31.5 Å². The molecular weight excluding hydrogens is 238 g/mol. The number of imidazole rings is 1. The second-order valence-corrected chi connectivity index (χ2v) is 4.84. The molecule has 0 spiro atoms. The van der Waals surface area contributed by atoms with Crippen LogP contribution in [0.3, 0.4) is 0 Å². The maximum atomic E-state index is 12.0. The van der Waals surface area contributed by atoms with Crippen LogP contribution in [0.15, 0.2) is 23.0 Å². The smallest absolute Gasteiger partial charge is 0.315 e. The van der Waals surface area contributed by atoms with Gasteiger partial charge in [-0.1, -0.05) is 17.7 Å². The van der Waals surface area contributed by atoms with Gasteiger partial charge in [0, 0.05) is 6.54 Å². The first-order valence-corrected chi connectivity index (χ1v) is 6.24. The Balaban J connectivity index is 2.20. The van der Waals surface area contributed by atoms with Gasteiger partial charge in [-0.3, -0.25) is 4.57 Å². The zero-order valence-corrected chi connectivity index (χ0v) is 10.1. The number of aromatic amines is 1. The van der Waals surface area contributed by atoms with E-state index in [1.165, 1.54) is 0 Å². The number of benzene rings is 1. The van der Waals surface area contributed by atoms with Gasteiger partial charge in [0.25, 0.3) is 0 Å². The Morgan fingerprint density at radius 1 is 1.41 bits per heavy atom. The predicted molar refractivity (Wildman–Crippen MR) is 68.7 cm³/mol. The van der Waals surface area contributed by atoms with E-state index in [4.69, 9.17) is 11.6 Å². The van der Waals surface area contributed by atoms with Crippen molar-refractivity contribution in [3.8, 4) is 0 Å². The Bertz CT molecular complexity index is 595. The third-order valence-electron chi connectivity index (χ3n) is 3.32. The summed E-state index contributed by atoms with van der Waals surface area (Å²) in [4.78, 5) is 14.9. The van der Waals surface area contributed by atoms with Crippen molar-refractivity contribution in [3.05, 3.63) is 33.7 Å². The van der Waals surface area contributed by atoms with Crippen molar-refractivity contribution >= 4 is 22.6 Å². The molecule has 1 unspecified atom stereocenters. The lowest BCUT2D eigenvalue weighted by Gasteiger charge is -2.24. The predicted octanol–water partition coefficient (Wildman–Crippen LogP) is 1.91. The SMILES string of the molecule is O=c1[nH]c2cccc(Cl)c2n1C1CCCNC1. The van der Waals surface area contributed by atoms with Crippen molar-refractivity contribution in [1.82, 2.24) is 14.9 Å². The number of aromatic nitrogens is 2. The molecule has 2 N–H and O–H groups in total. The highest BCUT2D eigenvalue weighted by atomic mass is 35.5. The van der Waals surface area contributed by atoms with Crippen LogP contribution in [-0.2, 0) is 0 Å². The molecule has 1 aliphatic rings. The Morgan fingerprint density at radius 3 is 3.06 bits per heavy atom. The quantitative estimate of drug-likeness (QED) is 0.814. The normalized spacial score (nSPS) is 20.9. The van der Waals surface area contributed by atoms with Gasteiger partial charge in [0.2, 0.25) is 0 Å². The molecule has 1 atom stereocenters. The van der Waals surface area contributed by atoms with Gasteiger partial charge in [-0.25, -0.2) is 4.79 Å². The summed E-state index contributed by atoms with van der Waals surface area (Å²) in [7, 11) is 0. The number of hydrogen-bond donors (Lipinski definition) is 2. The summed E-state index contributed by atoms with van der Waals surface area (Å²) < 4.78 is 1.80. The fourth-order valence-corrected chi connectivity index (χ4v) is 2.81. The average molecular weight is 252 g/mol. The van der Waals surface area contributed by atoms with Crippen LogP contribution in [0.2, 0.25) is 5.02 Å². The second kappa shape index (κ2) is 4.20. The lowest BCUT2D eigenvalue weighted by Crippen LogP contribution is -2.35. The first kappa shape index (κ1) is 10.9. The van der Waals surface area contributed by atoms with E-state index in [2.05, 4.69) is 10.3 Å². The number of nitrogens with zero attached hydrogens (tertiary/aromatic N) is 1. The van der Waals surface area contributed by atoms with Crippen molar-refractivity contribution in [2.75, 3.05) is 13.1 Å². The van der Waals surface area contributed by atoms with Crippen LogP contribution < -0.4 is 11.0 Å². The third kappa shape index (κ3) is 1.77. The monoisotopic (exact) mass is 251 g/mol. The van der Waals surface area contributed by atoms with E-state index in [9.17, 15) is 4.79 Å². The molecule has 5 heteroatoms. The Morgan fingerprint density at radius 2 is 2.29 bits per heavy atom. The molecule has 2 aromatic rings. The van der Waals surface area contributed by atoms with Crippen LogP contribution in [0.1, 0.15) is 18.9 Å². The summed E-state index contributed by atoms with van der Waals surface area (Å²) in [5.74, 6) is 0. The molecule has 2 heterocycles. The lowest BCUT2D eigenvalue weighted by molar-refractivity contribution is 0.372. The minimum Gasteiger partial charge on any atom is -0.315 e. The highest BCUT2D eigenvalue weighted by Gasteiger charge is 2.20. The number of halogens is 1. The van der Waals surface area contributed by atoms with Crippen LogP contribution in [0.5, 0.6) is 0 Å². The number of H-pyrrole nitrogens is 1. The van der Waals surface area contributed by atoms with Gasteiger partial charge in [-0.15, -0.1) is 0 Å². The standard InChI is InChI=1S/C12H14ClN3O/c13-9-4-1-5-10-11(9)16(12(17)15-10)8-3-2-6-14-7-8/h1,4-5,8,14H,2-3,6-7H2,(H,15,17). The Labute approximate surface area is 104 Å². The van der Waals surface area contributed by atoms with Gasteiger partial charge in [0.05, 0.1) is 22.1 Å². The van der Waals surface area contributed by atoms with Crippen molar-refractivity contribution in [2.24, 2.45) is 0 Å². The number of nitrogens with one attached hydrogen (secondary N) is 2. The lowest BCUT2D eigenvalue weighted by atomic mass is 10.1. The van der Waals surface area contributed by atoms with E-state index in [1.807, 2.05) is 18.2 Å². The first-order chi connectivity index (χ1) is 8.27. The Hall–Kier alpha value is -1.26. The highest BCUT2D eigenvalue weighted by molar-refractivity contribution is 6.34. The molecule has 0 saturated carbocycles. The van der Waals surface area contributed by atoms with Crippen molar-refractivity contribution < 1.29 is 0 Å². The number of fused-ring (bicyclic) bond motifs is 1. The highest BCUT2D eigenvalue weighted by Crippen LogP contribution is 2.25. The first-order valence-electron chi connectivity index (χ1n) is 5.87. The van der Waals surface area contributed by atoms with E-state index < -0.39 is 0 Å². The minimum atomic E-state index is -0.0678. The number of hydrogen-bond acceptors (Lipinski definition) is 2. The van der Waals surface area contributed by atoms with Crippen molar-refractivity contribution in [1.29, 1.82) is 0 Å². The van der Waals surface area contributed by atoms with Crippen LogP contribution >= 0.6 is 11.6 Å². The summed E-state index contributed by atoms with van der Waals surface area (Å²) in [6.07, 6.45) is 2.11. The molecule has 1 aliphatic heterocycles. The number of rotatable bonds is 1. The van der Waals surface area contributed by atoms with Crippen molar-refractivity contribution in [2.45, 2.75) is 18.9 Å². The van der Waals surface area contributed by atoms with Crippen LogP contribution in [0, 0.1) is 0 Å². The van der Waals surface area contributed by atoms with Crippen molar-refractivity contribution in [3.63, 3.8) is 0 Å². The number of piperidine rings is 1. The molecule has 1 aromatic carbocycles. The zero-order valence-electron chi connectivity index (χ0n) is 9.37. The van der Waals surface area contributed by atoms with Crippen LogP contribution in [0.4, 0.5) is 0 Å². The largest absolute Gasteiger partial charge is 0.326 e. The molecule has 1 saturated heterocycles. The molecule has 1 fully saturated rings. The van der Waals surface area contributed by atoms with Crippen LogP contribution in [0.25, 0.3) is 11.0 Å². The second-order valence-electron chi connectivity index (χ2n) is 4.44. The summed E-state index contributed by atoms with van der Waals surface area (Å²) in [6, 6.07) is 5.76. The van der Waals surface area contributed by atoms with Gasteiger partial charge in [0.1, 0.15) is 0 Å². The van der Waals surface area contributed by atoms with Gasteiger partial charge in [0.15, 0.2) is 0 Å². The molecule has 4 nitrogen and oxygen atoms in total. The summed E-state index contributed by atoms with van der Waals surface area (Å²) >= 11 is 6.19. The maximum Gasteiger partial charge on any atom is 0.326 e. The Kier molecular flexibility index (Phi) is 2.68. The number of para-hydroxylation sites is 1. The summed E-state index contributed by atoms with van der Waals surface area (Å²) in [6.45, 7) is 1.86. The van der Waals surface area contributed by atoms with Gasteiger partial charge in [-0.2, -0.15) is 0 Å². The molecule has 0 bridgehead atoms. The molecule has 17 heavy (non-hydrogen) atoms. The molecule has 1 aromatic heterocycles. The topological polar surface area (TPSA) is 49.8 Å². The van der Waals surface area contributed by atoms with E-state index in [0.29, 0.717) is 5.02 Å². The maximum absolute atomic E-state index is 12.0. The molecule has 3 rings (SSSR count). The van der Waals surface area contributed by atoms with E-state index >= 15 is 0 Å². The summed E-state index contributed by atoms with van der Waals surface area (Å²) in [5.41, 5.74) is 1.57. The van der Waals surface area contributed by atoms with Gasteiger partial charge >= 0.3 is 5.69 Å². The summed E-state index contributed by atoms with van der Waals surface area (Å²) in [5, 5.41) is 3.95. The van der Waals surface area contributed by atoms with Gasteiger partial charge < -0.3 is 10.3 Å². The zero-order chi connectivity index (χ0) is 11.8. The third-order valence-corrected chi connectivity index (χ3v) is 3.63. The molecule has 0 aliphatic carbocycles. The fraction of sp³-hybridized carbons (Fsp3) is 0.417. The molecule has 0 amide bonds. The minimum absolute atomic E-state index is 0.0678. The molecular formula is C12H14ClN3O.